The second-order valence-corrected chi connectivity index (χ2v) is 7.48. The van der Waals surface area contributed by atoms with E-state index >= 15 is 0 Å². The van der Waals surface area contributed by atoms with Crippen LogP contribution in [0.2, 0.25) is 0 Å². The summed E-state index contributed by atoms with van der Waals surface area (Å²) in [6, 6.07) is 10.9. The van der Waals surface area contributed by atoms with E-state index < -0.39 is 0 Å². The van der Waals surface area contributed by atoms with Crippen LogP contribution in [0.5, 0.6) is 0 Å². The standard InChI is InChI=1S/C21H25N5/c1-2-18-17-13-14-25-20(15-9-5-3-6-10-15)22-23-21(25)19(17)26(24-18)16-11-7-4-8-12-16/h3,5-6,9-10,16H,2,4,7-8,11-14H2,1H3. The van der Waals surface area contributed by atoms with E-state index in [-0.39, 0.29) is 0 Å². The molecule has 0 radical (unpaired) electrons. The number of aromatic nitrogens is 5. The van der Waals surface area contributed by atoms with Gasteiger partial charge in [-0.3, -0.25) is 4.68 Å². The lowest BCUT2D eigenvalue weighted by Crippen LogP contribution is -2.19. The predicted molar refractivity (Wildman–Crippen MR) is 102 cm³/mol. The lowest BCUT2D eigenvalue weighted by molar-refractivity contribution is 0.330. The fourth-order valence-electron chi connectivity index (χ4n) is 4.60. The summed E-state index contributed by atoms with van der Waals surface area (Å²) in [5.41, 5.74) is 5.02. The number of nitrogens with zero attached hydrogens (tertiary/aromatic N) is 5. The molecule has 1 saturated carbocycles. The molecular weight excluding hydrogens is 322 g/mol. The zero-order valence-electron chi connectivity index (χ0n) is 15.4. The monoisotopic (exact) mass is 347 g/mol. The third-order valence-electron chi connectivity index (χ3n) is 5.93. The smallest absolute Gasteiger partial charge is 0.182 e. The van der Waals surface area contributed by atoms with Gasteiger partial charge in [-0.05, 0) is 25.7 Å². The van der Waals surface area contributed by atoms with Gasteiger partial charge in [0.05, 0.1) is 11.7 Å². The van der Waals surface area contributed by atoms with E-state index in [1.807, 2.05) is 6.07 Å². The van der Waals surface area contributed by atoms with Crippen LogP contribution < -0.4 is 0 Å². The molecule has 134 valence electrons. The van der Waals surface area contributed by atoms with Crippen LogP contribution in [0.25, 0.3) is 22.9 Å². The first-order valence-corrected chi connectivity index (χ1v) is 9.96. The molecule has 0 atom stereocenters. The fraction of sp³-hybridized carbons (Fsp3) is 0.476. The maximum Gasteiger partial charge on any atom is 0.182 e. The summed E-state index contributed by atoms with van der Waals surface area (Å²) in [5.74, 6) is 1.98. The average Bonchev–Trinajstić information content (AvgIpc) is 3.30. The van der Waals surface area contributed by atoms with Gasteiger partial charge in [0.1, 0.15) is 5.69 Å². The largest absolute Gasteiger partial charge is 0.305 e. The molecule has 5 nitrogen and oxygen atoms in total. The van der Waals surface area contributed by atoms with Crippen LogP contribution in [0.15, 0.2) is 30.3 Å². The van der Waals surface area contributed by atoms with Gasteiger partial charge < -0.3 is 4.57 Å². The summed E-state index contributed by atoms with van der Waals surface area (Å²) >= 11 is 0. The van der Waals surface area contributed by atoms with Crippen LogP contribution in [0, 0.1) is 0 Å². The summed E-state index contributed by atoms with van der Waals surface area (Å²) in [6.07, 6.45) is 8.45. The van der Waals surface area contributed by atoms with Gasteiger partial charge in [0.15, 0.2) is 11.6 Å². The van der Waals surface area contributed by atoms with E-state index in [1.165, 1.54) is 49.1 Å². The number of hydrogen-bond acceptors (Lipinski definition) is 3. The molecule has 3 aromatic rings. The zero-order chi connectivity index (χ0) is 17.5. The van der Waals surface area contributed by atoms with Gasteiger partial charge in [0.25, 0.3) is 0 Å². The highest BCUT2D eigenvalue weighted by Gasteiger charge is 2.31. The molecule has 1 aliphatic carbocycles. The fourth-order valence-corrected chi connectivity index (χ4v) is 4.60. The Labute approximate surface area is 154 Å². The van der Waals surface area contributed by atoms with E-state index in [9.17, 15) is 0 Å². The van der Waals surface area contributed by atoms with Gasteiger partial charge in [-0.1, -0.05) is 56.5 Å². The van der Waals surface area contributed by atoms with Gasteiger partial charge >= 0.3 is 0 Å². The van der Waals surface area contributed by atoms with Gasteiger partial charge in [0.2, 0.25) is 0 Å². The van der Waals surface area contributed by atoms with Crippen LogP contribution in [-0.4, -0.2) is 24.5 Å². The zero-order valence-corrected chi connectivity index (χ0v) is 15.4. The first kappa shape index (κ1) is 15.8. The van der Waals surface area contributed by atoms with Crippen molar-refractivity contribution in [3.05, 3.63) is 41.6 Å². The lowest BCUT2D eigenvalue weighted by atomic mass is 9.95. The van der Waals surface area contributed by atoms with Crippen molar-refractivity contribution >= 4 is 0 Å². The first-order chi connectivity index (χ1) is 12.9. The Kier molecular flexibility index (Phi) is 3.88. The molecule has 5 heteroatoms. The summed E-state index contributed by atoms with van der Waals surface area (Å²) in [5, 5.41) is 14.2. The lowest BCUT2D eigenvalue weighted by Gasteiger charge is -2.25. The predicted octanol–water partition coefficient (Wildman–Crippen LogP) is 4.43. The van der Waals surface area contributed by atoms with Crippen molar-refractivity contribution in [1.82, 2.24) is 24.5 Å². The number of aryl methyl sites for hydroxylation is 1. The molecule has 0 spiro atoms. The molecule has 2 aromatic heterocycles. The van der Waals surface area contributed by atoms with E-state index in [4.69, 9.17) is 5.10 Å². The van der Waals surface area contributed by atoms with E-state index in [0.29, 0.717) is 6.04 Å². The Morgan fingerprint density at radius 3 is 2.54 bits per heavy atom. The molecule has 0 N–H and O–H groups in total. The van der Waals surface area contributed by atoms with Crippen LogP contribution in [0.4, 0.5) is 0 Å². The van der Waals surface area contributed by atoms with Crippen LogP contribution >= 0.6 is 0 Å². The molecule has 2 aliphatic rings. The van der Waals surface area contributed by atoms with E-state index in [2.05, 4.69) is 50.6 Å². The summed E-state index contributed by atoms with van der Waals surface area (Å²) in [4.78, 5) is 0. The molecule has 0 bridgehead atoms. The third-order valence-corrected chi connectivity index (χ3v) is 5.93. The van der Waals surface area contributed by atoms with Gasteiger partial charge in [-0.15, -0.1) is 10.2 Å². The molecule has 26 heavy (non-hydrogen) atoms. The Morgan fingerprint density at radius 2 is 1.77 bits per heavy atom. The summed E-state index contributed by atoms with van der Waals surface area (Å²) in [6.45, 7) is 3.14. The van der Waals surface area contributed by atoms with E-state index in [0.717, 1.165) is 36.6 Å². The molecule has 1 aromatic carbocycles. The molecule has 0 saturated heterocycles. The van der Waals surface area contributed by atoms with Crippen molar-refractivity contribution in [1.29, 1.82) is 0 Å². The molecule has 1 aliphatic heterocycles. The van der Waals surface area contributed by atoms with Crippen molar-refractivity contribution in [2.45, 2.75) is 64.5 Å². The maximum absolute atomic E-state index is 5.05. The molecule has 3 heterocycles. The average molecular weight is 347 g/mol. The highest BCUT2D eigenvalue weighted by molar-refractivity contribution is 5.65. The first-order valence-electron chi connectivity index (χ1n) is 9.96. The second-order valence-electron chi connectivity index (χ2n) is 7.48. The SMILES string of the molecule is CCc1nn(C2CCCCC2)c2c1CCn1c(-c3ccccc3)nnc1-2. The van der Waals surface area contributed by atoms with Crippen LogP contribution in [0.1, 0.15) is 56.3 Å². The van der Waals surface area contributed by atoms with Gasteiger partial charge in [-0.2, -0.15) is 5.10 Å². The molecule has 5 rings (SSSR count). The van der Waals surface area contributed by atoms with Crippen LogP contribution in [0.3, 0.4) is 0 Å². The molecule has 0 unspecified atom stereocenters. The highest BCUT2D eigenvalue weighted by atomic mass is 15.4. The number of benzene rings is 1. The Hall–Kier alpha value is -2.43. The Balaban J connectivity index is 1.65. The number of rotatable bonds is 3. The minimum absolute atomic E-state index is 0.515. The van der Waals surface area contributed by atoms with Crippen LogP contribution in [-0.2, 0) is 19.4 Å². The molecule has 0 amide bonds. The third kappa shape index (κ3) is 2.41. The van der Waals surface area contributed by atoms with Crippen molar-refractivity contribution in [2.75, 3.05) is 0 Å². The van der Waals surface area contributed by atoms with Gasteiger partial charge in [-0.25, -0.2) is 0 Å². The summed E-state index contributed by atoms with van der Waals surface area (Å²) < 4.78 is 4.60. The van der Waals surface area contributed by atoms with Crippen molar-refractivity contribution < 1.29 is 0 Å². The Morgan fingerprint density at radius 1 is 1.00 bits per heavy atom. The van der Waals surface area contributed by atoms with Crippen molar-refractivity contribution in [3.8, 4) is 22.9 Å². The molecular formula is C21H25N5. The normalized spacial score (nSPS) is 17.1. The quantitative estimate of drug-likeness (QED) is 0.704. The van der Waals surface area contributed by atoms with Gasteiger partial charge in [0, 0.05) is 17.7 Å². The Bertz CT molecular complexity index is 916. The topological polar surface area (TPSA) is 48.5 Å². The highest BCUT2D eigenvalue weighted by Crippen LogP contribution is 2.38. The molecule has 1 fully saturated rings. The van der Waals surface area contributed by atoms with Crippen molar-refractivity contribution in [3.63, 3.8) is 0 Å². The maximum atomic E-state index is 5.05. The second kappa shape index (κ2) is 6.38. The minimum Gasteiger partial charge on any atom is -0.305 e. The van der Waals surface area contributed by atoms with Crippen molar-refractivity contribution in [2.24, 2.45) is 0 Å². The van der Waals surface area contributed by atoms with E-state index in [1.54, 1.807) is 0 Å². The minimum atomic E-state index is 0.515. The summed E-state index contributed by atoms with van der Waals surface area (Å²) in [7, 11) is 0. The number of hydrogen-bond donors (Lipinski definition) is 0. The number of fused-ring (bicyclic) bond motifs is 3.